The van der Waals surface area contributed by atoms with Crippen molar-refractivity contribution in [2.75, 3.05) is 30.3 Å². The maximum Gasteiger partial charge on any atom is 0.338 e. The molecule has 1 fully saturated rings. The number of carbonyl (C=O) groups excluding carboxylic acids is 2. The van der Waals surface area contributed by atoms with Gasteiger partial charge in [0.1, 0.15) is 0 Å². The molecule has 2 heterocycles. The van der Waals surface area contributed by atoms with Gasteiger partial charge in [-0.3, -0.25) is 14.7 Å². The SMILES string of the molecule is CCCOC(=O)c1cccc(C(=O)Nc2cccc(CN3CCC(Nc4cccc5cnccc45)CC3)c2)c1. The Bertz CT molecular complexity index is 1440. The van der Waals surface area contributed by atoms with Gasteiger partial charge in [0, 0.05) is 65.8 Å². The lowest BCUT2D eigenvalue weighted by Crippen LogP contribution is -2.38. The number of amides is 1. The van der Waals surface area contributed by atoms with E-state index in [-0.39, 0.29) is 5.91 Å². The van der Waals surface area contributed by atoms with Crippen molar-refractivity contribution in [1.82, 2.24) is 9.88 Å². The lowest BCUT2D eigenvalue weighted by Gasteiger charge is -2.33. The van der Waals surface area contributed by atoms with E-state index in [1.165, 1.54) is 11.1 Å². The van der Waals surface area contributed by atoms with Gasteiger partial charge in [-0.05, 0) is 67.3 Å². The van der Waals surface area contributed by atoms with Crippen LogP contribution in [-0.4, -0.2) is 47.5 Å². The Balaban J connectivity index is 1.15. The molecule has 3 aromatic carbocycles. The standard InChI is InChI=1S/C32H34N4O3/c1-2-18-39-32(38)25-8-4-7-24(20-25)31(37)35-28-10-3-6-23(19-28)22-36-16-13-27(14-17-36)34-30-11-5-9-26-21-33-15-12-29(26)30/h3-12,15,19-21,27,34H,2,13-14,16-18,22H2,1H3,(H,35,37). The zero-order valence-electron chi connectivity index (χ0n) is 22.2. The molecule has 1 saturated heterocycles. The van der Waals surface area contributed by atoms with Crippen molar-refractivity contribution in [3.05, 3.63) is 102 Å². The summed E-state index contributed by atoms with van der Waals surface area (Å²) in [6.45, 7) is 5.13. The van der Waals surface area contributed by atoms with Gasteiger partial charge < -0.3 is 15.4 Å². The molecule has 1 amide bonds. The molecule has 4 aromatic rings. The number of nitrogens with one attached hydrogen (secondary N) is 2. The lowest BCUT2D eigenvalue weighted by molar-refractivity contribution is 0.0505. The van der Waals surface area contributed by atoms with Gasteiger partial charge in [0.15, 0.2) is 0 Å². The van der Waals surface area contributed by atoms with Gasteiger partial charge in [0.25, 0.3) is 5.91 Å². The van der Waals surface area contributed by atoms with Gasteiger partial charge in [-0.25, -0.2) is 4.79 Å². The van der Waals surface area contributed by atoms with Gasteiger partial charge in [-0.2, -0.15) is 0 Å². The quantitative estimate of drug-likeness (QED) is 0.257. The zero-order chi connectivity index (χ0) is 27.0. The van der Waals surface area contributed by atoms with Crippen LogP contribution in [0.4, 0.5) is 11.4 Å². The van der Waals surface area contributed by atoms with Crippen molar-refractivity contribution >= 4 is 34.0 Å². The minimum Gasteiger partial charge on any atom is -0.462 e. The number of piperidine rings is 1. The smallest absolute Gasteiger partial charge is 0.338 e. The third-order valence-corrected chi connectivity index (χ3v) is 7.02. The number of nitrogens with zero attached hydrogens (tertiary/aromatic N) is 2. The number of esters is 1. The number of likely N-dealkylation sites (tertiary alicyclic amines) is 1. The van der Waals surface area contributed by atoms with E-state index in [2.05, 4.69) is 50.8 Å². The average molecular weight is 523 g/mol. The van der Waals surface area contributed by atoms with Crippen molar-refractivity contribution in [3.63, 3.8) is 0 Å². The van der Waals surface area contributed by atoms with Crippen LogP contribution >= 0.6 is 0 Å². The first kappa shape index (κ1) is 26.4. The summed E-state index contributed by atoms with van der Waals surface area (Å²) in [6, 6.07) is 23.4. The number of hydrogen-bond acceptors (Lipinski definition) is 6. The van der Waals surface area contributed by atoms with Gasteiger partial charge in [-0.15, -0.1) is 0 Å². The van der Waals surface area contributed by atoms with Crippen LogP contribution in [-0.2, 0) is 11.3 Å². The molecular weight excluding hydrogens is 488 g/mol. The maximum atomic E-state index is 12.9. The van der Waals surface area contributed by atoms with E-state index in [9.17, 15) is 9.59 Å². The molecule has 1 aromatic heterocycles. The van der Waals surface area contributed by atoms with Crippen molar-refractivity contribution in [2.45, 2.75) is 38.8 Å². The Morgan fingerprint density at radius 1 is 0.974 bits per heavy atom. The molecule has 0 radical (unpaired) electrons. The van der Waals surface area contributed by atoms with E-state index >= 15 is 0 Å². The number of anilines is 2. The number of benzene rings is 3. The predicted octanol–water partition coefficient (Wildman–Crippen LogP) is 6.13. The summed E-state index contributed by atoms with van der Waals surface area (Å²) in [5.41, 5.74) is 3.85. The molecule has 0 saturated carbocycles. The van der Waals surface area contributed by atoms with E-state index < -0.39 is 5.97 Å². The van der Waals surface area contributed by atoms with Crippen molar-refractivity contribution in [3.8, 4) is 0 Å². The molecule has 5 rings (SSSR count). The molecule has 0 atom stereocenters. The van der Waals surface area contributed by atoms with Crippen molar-refractivity contribution in [2.24, 2.45) is 0 Å². The second kappa shape index (κ2) is 12.5. The largest absolute Gasteiger partial charge is 0.462 e. The molecule has 7 nitrogen and oxygen atoms in total. The predicted molar refractivity (Wildman–Crippen MR) is 155 cm³/mol. The Hall–Kier alpha value is -4.23. The molecule has 0 spiro atoms. The Morgan fingerprint density at radius 2 is 1.77 bits per heavy atom. The monoisotopic (exact) mass is 522 g/mol. The number of rotatable bonds is 9. The first-order valence-electron chi connectivity index (χ1n) is 13.6. The summed E-state index contributed by atoms with van der Waals surface area (Å²) in [6.07, 6.45) is 6.62. The highest BCUT2D eigenvalue weighted by Gasteiger charge is 2.20. The molecular formula is C32H34N4O3. The zero-order valence-corrected chi connectivity index (χ0v) is 22.2. The lowest BCUT2D eigenvalue weighted by atomic mass is 10.0. The molecule has 1 aliphatic rings. The van der Waals surface area contributed by atoms with Crippen molar-refractivity contribution < 1.29 is 14.3 Å². The Labute approximate surface area is 229 Å². The summed E-state index contributed by atoms with van der Waals surface area (Å²) in [4.78, 5) is 31.7. The molecule has 0 bridgehead atoms. The number of hydrogen-bond donors (Lipinski definition) is 2. The summed E-state index contributed by atoms with van der Waals surface area (Å²) in [5, 5.41) is 9.07. The van der Waals surface area contributed by atoms with Crippen LogP contribution in [0.3, 0.4) is 0 Å². The van der Waals surface area contributed by atoms with Gasteiger partial charge in [0.2, 0.25) is 0 Å². The fourth-order valence-electron chi connectivity index (χ4n) is 4.98. The van der Waals surface area contributed by atoms with E-state index in [0.29, 0.717) is 23.8 Å². The van der Waals surface area contributed by atoms with Crippen molar-refractivity contribution in [1.29, 1.82) is 0 Å². The fraction of sp³-hybridized carbons (Fsp3) is 0.281. The average Bonchev–Trinajstić information content (AvgIpc) is 2.97. The fourth-order valence-corrected chi connectivity index (χ4v) is 4.98. The molecule has 0 aliphatic carbocycles. The van der Waals surface area contributed by atoms with Crippen LogP contribution in [0.15, 0.2) is 85.2 Å². The summed E-state index contributed by atoms with van der Waals surface area (Å²) < 4.78 is 5.19. The second-order valence-electron chi connectivity index (χ2n) is 9.97. The molecule has 39 heavy (non-hydrogen) atoms. The second-order valence-corrected chi connectivity index (χ2v) is 9.97. The first-order chi connectivity index (χ1) is 19.1. The van der Waals surface area contributed by atoms with E-state index in [1.807, 2.05) is 37.5 Å². The maximum absolute atomic E-state index is 12.9. The molecule has 2 N–H and O–H groups in total. The van der Waals surface area contributed by atoms with Crippen LogP contribution in [0.1, 0.15) is 52.5 Å². The Kier molecular flexibility index (Phi) is 8.48. The van der Waals surface area contributed by atoms with Crippen LogP contribution in [0, 0.1) is 0 Å². The Morgan fingerprint density at radius 3 is 2.62 bits per heavy atom. The molecule has 1 aliphatic heterocycles. The number of fused-ring (bicyclic) bond motifs is 1. The third-order valence-electron chi connectivity index (χ3n) is 7.02. The number of ether oxygens (including phenoxy) is 1. The summed E-state index contributed by atoms with van der Waals surface area (Å²) >= 11 is 0. The van der Waals surface area contributed by atoms with Gasteiger partial charge >= 0.3 is 5.97 Å². The van der Waals surface area contributed by atoms with Gasteiger partial charge in [0.05, 0.1) is 12.2 Å². The minimum absolute atomic E-state index is 0.256. The molecule has 7 heteroatoms. The highest BCUT2D eigenvalue weighted by Crippen LogP contribution is 2.25. The highest BCUT2D eigenvalue weighted by molar-refractivity contribution is 6.05. The van der Waals surface area contributed by atoms with E-state index in [4.69, 9.17) is 4.74 Å². The minimum atomic E-state index is -0.415. The molecule has 0 unspecified atom stereocenters. The number of pyridine rings is 1. The summed E-state index contributed by atoms with van der Waals surface area (Å²) in [7, 11) is 0. The normalized spacial score (nSPS) is 14.2. The van der Waals surface area contributed by atoms with Crippen LogP contribution in [0.5, 0.6) is 0 Å². The molecule has 200 valence electrons. The van der Waals surface area contributed by atoms with E-state index in [0.717, 1.165) is 55.5 Å². The number of carbonyl (C=O) groups is 2. The van der Waals surface area contributed by atoms with Crippen LogP contribution in [0.2, 0.25) is 0 Å². The first-order valence-corrected chi connectivity index (χ1v) is 13.6. The van der Waals surface area contributed by atoms with Crippen LogP contribution < -0.4 is 10.6 Å². The van der Waals surface area contributed by atoms with Crippen LogP contribution in [0.25, 0.3) is 10.8 Å². The summed E-state index contributed by atoms with van der Waals surface area (Å²) in [5.74, 6) is -0.671. The highest BCUT2D eigenvalue weighted by atomic mass is 16.5. The number of aromatic nitrogens is 1. The topological polar surface area (TPSA) is 83.6 Å². The van der Waals surface area contributed by atoms with E-state index in [1.54, 1.807) is 24.3 Å². The third kappa shape index (κ3) is 6.81. The van der Waals surface area contributed by atoms with Gasteiger partial charge in [-0.1, -0.05) is 37.3 Å².